The molecule has 1 atom stereocenters. The van der Waals surface area contributed by atoms with Crippen LogP contribution in [0, 0.1) is 5.92 Å². The zero-order valence-electron chi connectivity index (χ0n) is 8.85. The van der Waals surface area contributed by atoms with Crippen LogP contribution < -0.4 is 0 Å². The highest BCUT2D eigenvalue weighted by atomic mass is 15.3. The maximum Gasteiger partial charge on any atom is 0.0219 e. The quantitative estimate of drug-likeness (QED) is 0.536. The average molecular weight is 167 g/mol. The van der Waals surface area contributed by atoms with Gasteiger partial charge in [-0.15, -0.1) is 0 Å². The summed E-state index contributed by atoms with van der Waals surface area (Å²) in [5.41, 5.74) is 1.04. The number of hydrogen-bond donors (Lipinski definition) is 0. The molecule has 2 fully saturated rings. The van der Waals surface area contributed by atoms with Gasteiger partial charge in [0.2, 0.25) is 0 Å². The maximum atomic E-state index is 2.74. The smallest absolute Gasteiger partial charge is 0.0219 e. The molecule has 1 aliphatic heterocycles. The minimum absolute atomic E-state index is 0.390. The van der Waals surface area contributed by atoms with Crippen LogP contribution in [0.3, 0.4) is 0 Å². The van der Waals surface area contributed by atoms with E-state index in [4.69, 9.17) is 0 Å². The first-order valence-corrected chi connectivity index (χ1v) is 5.22. The highest BCUT2D eigenvalue weighted by Gasteiger charge is 2.55. The molecule has 0 N–H and O–H groups in total. The zero-order valence-corrected chi connectivity index (χ0v) is 8.85. The molecule has 2 aliphatic rings. The molecule has 1 heteroatoms. The lowest BCUT2D eigenvalue weighted by Gasteiger charge is -2.37. The molecule has 12 heavy (non-hydrogen) atoms. The van der Waals surface area contributed by atoms with Crippen molar-refractivity contribution in [2.45, 2.75) is 58.0 Å². The summed E-state index contributed by atoms with van der Waals surface area (Å²) >= 11 is 0. The molecule has 1 saturated carbocycles. The van der Waals surface area contributed by atoms with Crippen molar-refractivity contribution in [3.8, 4) is 0 Å². The fourth-order valence-corrected chi connectivity index (χ4v) is 2.93. The molecule has 0 bridgehead atoms. The molecule has 1 heterocycles. The molecular formula is C11H21N. The first-order chi connectivity index (χ1) is 5.44. The minimum atomic E-state index is 0.390. The summed E-state index contributed by atoms with van der Waals surface area (Å²) in [7, 11) is 0. The number of likely N-dealkylation sites (tertiary alicyclic amines) is 1. The predicted octanol–water partition coefficient (Wildman–Crippen LogP) is 2.66. The van der Waals surface area contributed by atoms with Gasteiger partial charge in [-0.25, -0.2) is 0 Å². The summed E-state index contributed by atoms with van der Waals surface area (Å²) in [6, 6.07) is 0. The van der Waals surface area contributed by atoms with Crippen LogP contribution in [0.25, 0.3) is 0 Å². The molecule has 0 aromatic rings. The van der Waals surface area contributed by atoms with Crippen LogP contribution in [0.4, 0.5) is 0 Å². The van der Waals surface area contributed by atoms with E-state index in [0.717, 1.165) is 5.92 Å². The second kappa shape index (κ2) is 2.25. The SMILES string of the molecule is CC1CN(C(C)(C)C)C2(CC2)C1. The van der Waals surface area contributed by atoms with Crippen molar-refractivity contribution >= 4 is 0 Å². The molecule has 1 unspecified atom stereocenters. The molecule has 1 aliphatic carbocycles. The standard InChI is InChI=1S/C11H21N/c1-9-7-11(5-6-11)12(8-9)10(2,3)4/h9H,5-8H2,1-4H3. The largest absolute Gasteiger partial charge is 0.293 e. The Labute approximate surface area is 76.1 Å². The Kier molecular flexibility index (Phi) is 1.61. The fourth-order valence-electron chi connectivity index (χ4n) is 2.93. The lowest BCUT2D eigenvalue weighted by atomic mass is 10.0. The Morgan fingerprint density at radius 2 is 1.83 bits per heavy atom. The monoisotopic (exact) mass is 167 g/mol. The first kappa shape index (κ1) is 8.55. The topological polar surface area (TPSA) is 3.24 Å². The number of rotatable bonds is 0. The Balaban J connectivity index is 2.16. The van der Waals surface area contributed by atoms with E-state index in [0.29, 0.717) is 11.1 Å². The number of nitrogens with zero attached hydrogens (tertiary/aromatic N) is 1. The molecule has 70 valence electrons. The van der Waals surface area contributed by atoms with Gasteiger partial charge >= 0.3 is 0 Å². The molecular weight excluding hydrogens is 146 g/mol. The van der Waals surface area contributed by atoms with Crippen molar-refractivity contribution in [3.63, 3.8) is 0 Å². The lowest BCUT2D eigenvalue weighted by Crippen LogP contribution is -2.45. The van der Waals surface area contributed by atoms with E-state index in [9.17, 15) is 0 Å². The van der Waals surface area contributed by atoms with Crippen LogP contribution in [-0.4, -0.2) is 22.5 Å². The highest BCUT2D eigenvalue weighted by molar-refractivity contribution is 5.11. The molecule has 0 aromatic carbocycles. The second-order valence-corrected chi connectivity index (χ2v) is 5.82. The minimum Gasteiger partial charge on any atom is -0.293 e. The maximum absolute atomic E-state index is 2.74. The van der Waals surface area contributed by atoms with Crippen molar-refractivity contribution in [1.82, 2.24) is 4.90 Å². The average Bonchev–Trinajstić information content (AvgIpc) is 2.52. The lowest BCUT2D eigenvalue weighted by molar-refractivity contribution is 0.105. The van der Waals surface area contributed by atoms with Crippen LogP contribution in [0.2, 0.25) is 0 Å². The third-order valence-electron chi connectivity index (χ3n) is 3.43. The normalized spacial score (nSPS) is 34.5. The van der Waals surface area contributed by atoms with Crippen molar-refractivity contribution in [1.29, 1.82) is 0 Å². The van der Waals surface area contributed by atoms with Gasteiger partial charge in [0.15, 0.2) is 0 Å². The Hall–Kier alpha value is -0.0400. The zero-order chi connectivity index (χ0) is 8.98. The summed E-state index contributed by atoms with van der Waals surface area (Å²) in [4.78, 5) is 2.74. The predicted molar refractivity (Wildman–Crippen MR) is 52.2 cm³/mol. The second-order valence-electron chi connectivity index (χ2n) is 5.82. The van der Waals surface area contributed by atoms with Crippen molar-refractivity contribution in [2.24, 2.45) is 5.92 Å². The van der Waals surface area contributed by atoms with Gasteiger partial charge in [-0.2, -0.15) is 0 Å². The van der Waals surface area contributed by atoms with Crippen LogP contribution in [-0.2, 0) is 0 Å². The summed E-state index contributed by atoms with van der Waals surface area (Å²) in [6.45, 7) is 10.8. The van der Waals surface area contributed by atoms with Gasteiger partial charge in [-0.1, -0.05) is 6.92 Å². The van der Waals surface area contributed by atoms with E-state index in [1.807, 2.05) is 0 Å². The van der Waals surface area contributed by atoms with Crippen LogP contribution in [0.5, 0.6) is 0 Å². The first-order valence-electron chi connectivity index (χ1n) is 5.22. The number of hydrogen-bond acceptors (Lipinski definition) is 1. The Morgan fingerprint density at radius 1 is 1.25 bits per heavy atom. The summed E-state index contributed by atoms with van der Waals surface area (Å²) in [5, 5.41) is 0. The van der Waals surface area contributed by atoms with E-state index in [1.54, 1.807) is 0 Å². The summed E-state index contributed by atoms with van der Waals surface area (Å²) in [6.07, 6.45) is 4.35. The van der Waals surface area contributed by atoms with Crippen molar-refractivity contribution in [3.05, 3.63) is 0 Å². The molecule has 0 radical (unpaired) electrons. The highest BCUT2D eigenvalue weighted by Crippen LogP contribution is 2.53. The molecule has 1 saturated heterocycles. The molecule has 0 aromatic heterocycles. The van der Waals surface area contributed by atoms with Gasteiger partial charge in [-0.05, 0) is 46.0 Å². The molecule has 2 rings (SSSR count). The van der Waals surface area contributed by atoms with Gasteiger partial charge in [0.25, 0.3) is 0 Å². The third-order valence-corrected chi connectivity index (χ3v) is 3.43. The summed E-state index contributed by atoms with van der Waals surface area (Å²) < 4.78 is 0. The van der Waals surface area contributed by atoms with Crippen molar-refractivity contribution < 1.29 is 0 Å². The van der Waals surface area contributed by atoms with Gasteiger partial charge in [0.1, 0.15) is 0 Å². The molecule has 1 nitrogen and oxygen atoms in total. The van der Waals surface area contributed by atoms with Gasteiger partial charge in [-0.3, -0.25) is 4.90 Å². The third kappa shape index (κ3) is 1.19. The van der Waals surface area contributed by atoms with Crippen molar-refractivity contribution in [2.75, 3.05) is 6.54 Å². The molecule has 0 amide bonds. The Morgan fingerprint density at radius 3 is 2.17 bits per heavy atom. The molecule has 1 spiro atoms. The fraction of sp³-hybridized carbons (Fsp3) is 1.00. The van der Waals surface area contributed by atoms with Gasteiger partial charge in [0, 0.05) is 17.6 Å². The van der Waals surface area contributed by atoms with Crippen LogP contribution in [0.1, 0.15) is 47.0 Å². The van der Waals surface area contributed by atoms with E-state index >= 15 is 0 Å². The van der Waals surface area contributed by atoms with E-state index in [2.05, 4.69) is 32.6 Å². The van der Waals surface area contributed by atoms with Gasteiger partial charge < -0.3 is 0 Å². The van der Waals surface area contributed by atoms with E-state index in [-0.39, 0.29) is 0 Å². The van der Waals surface area contributed by atoms with E-state index < -0.39 is 0 Å². The van der Waals surface area contributed by atoms with E-state index in [1.165, 1.54) is 25.8 Å². The Bertz CT molecular complexity index is 186. The summed E-state index contributed by atoms with van der Waals surface area (Å²) in [5.74, 6) is 0.923. The van der Waals surface area contributed by atoms with Crippen LogP contribution in [0.15, 0.2) is 0 Å². The van der Waals surface area contributed by atoms with Crippen LogP contribution >= 0.6 is 0 Å². The van der Waals surface area contributed by atoms with Gasteiger partial charge in [0.05, 0.1) is 0 Å².